The maximum absolute atomic E-state index is 12.9. The highest BCUT2D eigenvalue weighted by Crippen LogP contribution is 2.21. The summed E-state index contributed by atoms with van der Waals surface area (Å²) in [6.07, 6.45) is 1.98. The molecule has 0 unspecified atom stereocenters. The van der Waals surface area contributed by atoms with Crippen molar-refractivity contribution in [3.8, 4) is 5.75 Å². The third-order valence-corrected chi connectivity index (χ3v) is 7.32. The van der Waals surface area contributed by atoms with Crippen LogP contribution in [-0.2, 0) is 17.9 Å². The molecule has 1 saturated heterocycles. The van der Waals surface area contributed by atoms with Gasteiger partial charge in [0.25, 0.3) is 5.91 Å². The summed E-state index contributed by atoms with van der Waals surface area (Å²) < 4.78 is 7.17. The van der Waals surface area contributed by atoms with E-state index in [4.69, 9.17) is 4.74 Å². The summed E-state index contributed by atoms with van der Waals surface area (Å²) in [4.78, 5) is 29.7. The highest BCUT2D eigenvalue weighted by atomic mass is 32.2. The second-order valence-corrected chi connectivity index (χ2v) is 9.75. The summed E-state index contributed by atoms with van der Waals surface area (Å²) in [7, 11) is 1.59. The first-order chi connectivity index (χ1) is 18.1. The van der Waals surface area contributed by atoms with Gasteiger partial charge in [-0.2, -0.15) is 0 Å². The number of anilines is 1. The van der Waals surface area contributed by atoms with E-state index in [-0.39, 0.29) is 18.4 Å². The van der Waals surface area contributed by atoms with E-state index in [1.165, 1.54) is 17.4 Å². The van der Waals surface area contributed by atoms with Gasteiger partial charge in [-0.05, 0) is 42.8 Å². The lowest BCUT2D eigenvalue weighted by molar-refractivity contribution is -0.128. The van der Waals surface area contributed by atoms with E-state index in [9.17, 15) is 9.59 Å². The zero-order valence-electron chi connectivity index (χ0n) is 21.4. The molecule has 10 heteroatoms. The number of ether oxygens (including phenoxy) is 1. The fourth-order valence-corrected chi connectivity index (χ4v) is 5.06. The van der Waals surface area contributed by atoms with Gasteiger partial charge in [0, 0.05) is 44.0 Å². The fourth-order valence-electron chi connectivity index (χ4n) is 4.17. The van der Waals surface area contributed by atoms with Crippen LogP contribution in [0.15, 0.2) is 59.8 Å². The second kappa shape index (κ2) is 13.1. The van der Waals surface area contributed by atoms with E-state index >= 15 is 0 Å². The van der Waals surface area contributed by atoms with Gasteiger partial charge in [-0.3, -0.25) is 9.59 Å². The van der Waals surface area contributed by atoms with Crippen LogP contribution < -0.4 is 15.0 Å². The van der Waals surface area contributed by atoms with Crippen molar-refractivity contribution in [1.82, 2.24) is 25.0 Å². The first-order valence-electron chi connectivity index (χ1n) is 12.6. The molecule has 196 valence electrons. The van der Waals surface area contributed by atoms with Gasteiger partial charge in [0.2, 0.25) is 5.91 Å². The number of carbonyl (C=O) groups excluding carboxylic acids is 2. The smallest absolute Gasteiger partial charge is 0.251 e. The molecule has 0 aliphatic carbocycles. The molecule has 4 rings (SSSR count). The molecule has 1 aliphatic heterocycles. The predicted molar refractivity (Wildman–Crippen MR) is 145 cm³/mol. The van der Waals surface area contributed by atoms with Gasteiger partial charge >= 0.3 is 0 Å². The van der Waals surface area contributed by atoms with Gasteiger partial charge in [0.05, 0.1) is 19.4 Å². The van der Waals surface area contributed by atoms with Crippen molar-refractivity contribution >= 4 is 29.3 Å². The number of benzene rings is 2. The zero-order valence-corrected chi connectivity index (χ0v) is 22.2. The van der Waals surface area contributed by atoms with Gasteiger partial charge in [0.15, 0.2) is 11.0 Å². The summed E-state index contributed by atoms with van der Waals surface area (Å²) >= 11 is 1.41. The van der Waals surface area contributed by atoms with Crippen LogP contribution in [-0.4, -0.2) is 70.5 Å². The Morgan fingerprint density at radius 1 is 1.00 bits per heavy atom. The summed E-state index contributed by atoms with van der Waals surface area (Å²) in [5, 5.41) is 12.3. The molecule has 1 N–H and O–H groups in total. The first-order valence-corrected chi connectivity index (χ1v) is 13.6. The predicted octanol–water partition coefficient (Wildman–Crippen LogP) is 3.46. The fraction of sp³-hybridized carbons (Fsp3) is 0.407. The monoisotopic (exact) mass is 522 g/mol. The number of hydrogen-bond acceptors (Lipinski definition) is 7. The van der Waals surface area contributed by atoms with E-state index in [2.05, 4.69) is 39.5 Å². The maximum atomic E-state index is 12.9. The Hall–Kier alpha value is -3.53. The Morgan fingerprint density at radius 2 is 1.73 bits per heavy atom. The lowest BCUT2D eigenvalue weighted by atomic mass is 10.2. The van der Waals surface area contributed by atoms with E-state index in [0.717, 1.165) is 32.5 Å². The summed E-state index contributed by atoms with van der Waals surface area (Å²) in [5.74, 6) is 1.61. The Bertz CT molecular complexity index is 1160. The molecule has 1 fully saturated rings. The minimum atomic E-state index is -0.188. The molecule has 0 spiro atoms. The average Bonchev–Trinajstić information content (AvgIpc) is 3.35. The first kappa shape index (κ1) is 26.5. The normalized spacial score (nSPS) is 13.5. The Kier molecular flexibility index (Phi) is 9.42. The zero-order chi connectivity index (χ0) is 26.0. The largest absolute Gasteiger partial charge is 0.497 e. The SMILES string of the molecule is CCCCn1c(CNC(=O)c2ccc(OC)cc2)nnc1SCC(=O)N1CCN(c2ccccc2)CC1. The molecular weight excluding hydrogens is 488 g/mol. The van der Waals surface area contributed by atoms with Crippen molar-refractivity contribution in [2.75, 3.05) is 43.9 Å². The Balaban J connectivity index is 1.31. The van der Waals surface area contributed by atoms with E-state index in [0.29, 0.717) is 41.1 Å². The van der Waals surface area contributed by atoms with Crippen LogP contribution in [0, 0.1) is 0 Å². The standard InChI is InChI=1S/C27H34N6O3S/c1-3-4-14-33-24(19-28-26(35)21-10-12-23(36-2)13-11-21)29-30-27(33)37-20-25(34)32-17-15-31(16-18-32)22-8-6-5-7-9-22/h5-13H,3-4,14-20H2,1-2H3,(H,28,35). The number of hydrogen-bond donors (Lipinski definition) is 1. The van der Waals surface area contributed by atoms with Crippen LogP contribution in [0.5, 0.6) is 5.75 Å². The number of aromatic nitrogens is 3. The number of nitrogens with one attached hydrogen (secondary N) is 1. The molecule has 0 bridgehead atoms. The molecule has 37 heavy (non-hydrogen) atoms. The highest BCUT2D eigenvalue weighted by molar-refractivity contribution is 7.99. The topological polar surface area (TPSA) is 92.6 Å². The summed E-state index contributed by atoms with van der Waals surface area (Å²) in [6.45, 7) is 6.19. The van der Waals surface area contributed by atoms with E-state index < -0.39 is 0 Å². The van der Waals surface area contributed by atoms with Crippen LogP contribution >= 0.6 is 11.8 Å². The van der Waals surface area contributed by atoms with Crippen LogP contribution in [0.25, 0.3) is 0 Å². The molecule has 3 aromatic rings. The number of amides is 2. The molecular formula is C27H34N6O3S. The molecule has 0 atom stereocenters. The van der Waals surface area contributed by atoms with Crippen molar-refractivity contribution in [1.29, 1.82) is 0 Å². The van der Waals surface area contributed by atoms with Gasteiger partial charge in [-0.1, -0.05) is 43.3 Å². The minimum absolute atomic E-state index is 0.108. The van der Waals surface area contributed by atoms with Crippen molar-refractivity contribution in [2.24, 2.45) is 0 Å². The van der Waals surface area contributed by atoms with Gasteiger partial charge in [-0.15, -0.1) is 10.2 Å². The van der Waals surface area contributed by atoms with Crippen molar-refractivity contribution in [3.63, 3.8) is 0 Å². The molecule has 2 amide bonds. The molecule has 9 nitrogen and oxygen atoms in total. The second-order valence-electron chi connectivity index (χ2n) is 8.81. The van der Waals surface area contributed by atoms with Crippen molar-refractivity contribution in [3.05, 3.63) is 66.0 Å². The number of para-hydroxylation sites is 1. The third kappa shape index (κ3) is 7.03. The van der Waals surface area contributed by atoms with Crippen LogP contribution in [0.2, 0.25) is 0 Å². The van der Waals surface area contributed by atoms with Crippen molar-refractivity contribution in [2.45, 2.75) is 38.0 Å². The quantitative estimate of drug-likeness (QED) is 0.386. The Morgan fingerprint density at radius 3 is 2.41 bits per heavy atom. The lowest BCUT2D eigenvalue weighted by Crippen LogP contribution is -2.49. The number of carbonyl (C=O) groups is 2. The molecule has 2 aromatic carbocycles. The van der Waals surface area contributed by atoms with E-state index in [1.807, 2.05) is 27.7 Å². The molecule has 0 saturated carbocycles. The minimum Gasteiger partial charge on any atom is -0.497 e. The van der Waals surface area contributed by atoms with Gasteiger partial charge in [-0.25, -0.2) is 0 Å². The number of rotatable bonds is 11. The molecule has 1 aromatic heterocycles. The number of thioether (sulfide) groups is 1. The number of nitrogens with zero attached hydrogens (tertiary/aromatic N) is 5. The van der Waals surface area contributed by atoms with Crippen molar-refractivity contribution < 1.29 is 14.3 Å². The number of piperazine rings is 1. The van der Waals surface area contributed by atoms with Gasteiger partial charge in [0.1, 0.15) is 5.75 Å². The molecule has 0 radical (unpaired) electrons. The maximum Gasteiger partial charge on any atom is 0.251 e. The van der Waals surface area contributed by atoms with E-state index in [1.54, 1.807) is 31.4 Å². The molecule has 2 heterocycles. The average molecular weight is 523 g/mol. The number of unbranched alkanes of at least 4 members (excludes halogenated alkanes) is 1. The van der Waals surface area contributed by atoms with Gasteiger partial charge < -0.3 is 24.4 Å². The summed E-state index contributed by atoms with van der Waals surface area (Å²) in [6, 6.07) is 17.3. The van der Waals surface area contributed by atoms with Crippen LogP contribution in [0.1, 0.15) is 35.9 Å². The van der Waals surface area contributed by atoms with Crippen LogP contribution in [0.3, 0.4) is 0 Å². The lowest BCUT2D eigenvalue weighted by Gasteiger charge is -2.36. The Labute approximate surface area is 222 Å². The summed E-state index contributed by atoms with van der Waals surface area (Å²) in [5.41, 5.74) is 1.74. The third-order valence-electron chi connectivity index (χ3n) is 6.37. The van der Waals surface area contributed by atoms with Crippen LogP contribution in [0.4, 0.5) is 5.69 Å². The molecule has 1 aliphatic rings. The highest BCUT2D eigenvalue weighted by Gasteiger charge is 2.22. The number of methoxy groups -OCH3 is 1.